The largest absolute Gasteiger partial charge is 0.402 e. The molecule has 2 aromatic carbocycles. The molecule has 1 aliphatic heterocycles. The first-order chi connectivity index (χ1) is 11.0. The van der Waals surface area contributed by atoms with E-state index in [0.717, 1.165) is 5.56 Å². The van der Waals surface area contributed by atoms with Crippen LogP contribution in [0.25, 0.3) is 6.08 Å². The second-order valence-electron chi connectivity index (χ2n) is 4.70. The van der Waals surface area contributed by atoms with Crippen molar-refractivity contribution in [2.24, 2.45) is 4.99 Å². The zero-order chi connectivity index (χ0) is 16.4. The van der Waals surface area contributed by atoms with Crippen LogP contribution in [0.3, 0.4) is 0 Å². The van der Waals surface area contributed by atoms with E-state index in [1.165, 1.54) is 24.3 Å². The third kappa shape index (κ3) is 3.27. The molecular weight excluding hydrogens is 320 g/mol. The van der Waals surface area contributed by atoms with Crippen LogP contribution >= 0.6 is 11.6 Å². The van der Waals surface area contributed by atoms with Crippen molar-refractivity contribution in [3.63, 3.8) is 0 Å². The van der Waals surface area contributed by atoms with Crippen LogP contribution < -0.4 is 0 Å². The standard InChI is InChI=1S/C16H9ClN2O4/c17-12-3-1-2-10(8-12)9-14-16(20)23-15(18-14)11-4-6-13(7-5-11)19(21)22/h1-9H/b14-9+. The summed E-state index contributed by atoms with van der Waals surface area (Å²) in [6.07, 6.45) is 1.56. The van der Waals surface area contributed by atoms with Gasteiger partial charge in [-0.1, -0.05) is 23.7 Å². The van der Waals surface area contributed by atoms with Crippen molar-refractivity contribution >= 4 is 35.2 Å². The van der Waals surface area contributed by atoms with Crippen LogP contribution in [0.15, 0.2) is 59.2 Å². The number of carbonyl (C=O) groups excluding carboxylic acids is 1. The number of nitro benzene ring substituents is 1. The highest BCUT2D eigenvalue weighted by molar-refractivity contribution is 6.30. The van der Waals surface area contributed by atoms with E-state index < -0.39 is 10.9 Å². The van der Waals surface area contributed by atoms with Gasteiger partial charge in [0.1, 0.15) is 0 Å². The van der Waals surface area contributed by atoms with E-state index in [2.05, 4.69) is 4.99 Å². The SMILES string of the molecule is O=C1OC(c2ccc([N+](=O)[O-])cc2)=N/C1=C/c1cccc(Cl)c1. The predicted octanol–water partition coefficient (Wildman–Crippen LogP) is 3.59. The summed E-state index contributed by atoms with van der Waals surface area (Å²) in [6, 6.07) is 12.6. The van der Waals surface area contributed by atoms with E-state index in [9.17, 15) is 14.9 Å². The van der Waals surface area contributed by atoms with Gasteiger partial charge in [0, 0.05) is 22.7 Å². The van der Waals surface area contributed by atoms with Crippen LogP contribution in [0.2, 0.25) is 5.02 Å². The summed E-state index contributed by atoms with van der Waals surface area (Å²) >= 11 is 5.90. The Morgan fingerprint density at radius 1 is 1.17 bits per heavy atom. The molecule has 0 aromatic heterocycles. The lowest BCUT2D eigenvalue weighted by atomic mass is 10.2. The van der Waals surface area contributed by atoms with Crippen LogP contribution in [-0.2, 0) is 9.53 Å². The number of halogens is 1. The van der Waals surface area contributed by atoms with E-state index in [0.29, 0.717) is 10.6 Å². The fraction of sp³-hybridized carbons (Fsp3) is 0. The Kier molecular flexibility index (Phi) is 3.91. The Balaban J connectivity index is 1.90. The van der Waals surface area contributed by atoms with Crippen molar-refractivity contribution in [2.45, 2.75) is 0 Å². The number of esters is 1. The summed E-state index contributed by atoms with van der Waals surface area (Å²) in [5.41, 5.74) is 1.30. The molecule has 114 valence electrons. The van der Waals surface area contributed by atoms with Gasteiger partial charge in [-0.25, -0.2) is 9.79 Å². The molecule has 0 N–H and O–H groups in total. The second kappa shape index (κ2) is 6.02. The molecule has 23 heavy (non-hydrogen) atoms. The summed E-state index contributed by atoms with van der Waals surface area (Å²) in [5.74, 6) is -0.475. The zero-order valence-electron chi connectivity index (χ0n) is 11.6. The van der Waals surface area contributed by atoms with Gasteiger partial charge in [0.15, 0.2) is 5.70 Å². The van der Waals surface area contributed by atoms with E-state index in [-0.39, 0.29) is 17.3 Å². The smallest absolute Gasteiger partial charge is 0.363 e. The molecule has 0 atom stereocenters. The quantitative estimate of drug-likeness (QED) is 0.373. The van der Waals surface area contributed by atoms with E-state index in [4.69, 9.17) is 16.3 Å². The summed E-state index contributed by atoms with van der Waals surface area (Å²) in [4.78, 5) is 26.1. The van der Waals surface area contributed by atoms with Crippen LogP contribution in [0.1, 0.15) is 11.1 Å². The highest BCUT2D eigenvalue weighted by Gasteiger charge is 2.24. The molecule has 1 aliphatic rings. The number of rotatable bonds is 3. The van der Waals surface area contributed by atoms with Gasteiger partial charge in [-0.15, -0.1) is 0 Å². The molecule has 7 heteroatoms. The maximum Gasteiger partial charge on any atom is 0.363 e. The first kappa shape index (κ1) is 14.9. The molecule has 0 amide bonds. The van der Waals surface area contributed by atoms with Crippen molar-refractivity contribution in [3.8, 4) is 0 Å². The number of nitrogens with zero attached hydrogens (tertiary/aromatic N) is 2. The van der Waals surface area contributed by atoms with E-state index in [1.54, 1.807) is 30.3 Å². The van der Waals surface area contributed by atoms with Crippen molar-refractivity contribution in [3.05, 3.63) is 80.5 Å². The molecule has 2 aromatic rings. The number of aliphatic imine (C=N–C) groups is 1. The molecule has 0 spiro atoms. The van der Waals surface area contributed by atoms with Gasteiger partial charge in [-0.3, -0.25) is 10.1 Å². The molecule has 0 saturated carbocycles. The predicted molar refractivity (Wildman–Crippen MR) is 85.2 cm³/mol. The average molecular weight is 329 g/mol. The van der Waals surface area contributed by atoms with Gasteiger partial charge in [-0.05, 0) is 35.9 Å². The third-order valence-corrected chi connectivity index (χ3v) is 3.33. The monoisotopic (exact) mass is 328 g/mol. The van der Waals surface area contributed by atoms with Gasteiger partial charge in [0.2, 0.25) is 5.90 Å². The molecule has 3 rings (SSSR count). The second-order valence-corrected chi connectivity index (χ2v) is 5.13. The van der Waals surface area contributed by atoms with Crippen LogP contribution in [0.5, 0.6) is 0 Å². The number of nitro groups is 1. The minimum Gasteiger partial charge on any atom is -0.402 e. The summed E-state index contributed by atoms with van der Waals surface area (Å²) in [6.45, 7) is 0. The molecule has 0 radical (unpaired) electrons. The highest BCUT2D eigenvalue weighted by Crippen LogP contribution is 2.21. The first-order valence-corrected chi connectivity index (χ1v) is 6.94. The Bertz CT molecular complexity index is 857. The number of ether oxygens (including phenoxy) is 1. The Morgan fingerprint density at radius 3 is 2.57 bits per heavy atom. The van der Waals surface area contributed by atoms with Crippen LogP contribution in [-0.4, -0.2) is 16.8 Å². The topological polar surface area (TPSA) is 81.8 Å². The van der Waals surface area contributed by atoms with E-state index in [1.807, 2.05) is 0 Å². The number of cyclic esters (lactones) is 1. The molecular formula is C16H9ClN2O4. The lowest BCUT2D eigenvalue weighted by molar-refractivity contribution is -0.384. The van der Waals surface area contributed by atoms with Crippen molar-refractivity contribution in [1.82, 2.24) is 0 Å². The minimum absolute atomic E-state index is 0.0478. The summed E-state index contributed by atoms with van der Waals surface area (Å²) < 4.78 is 5.10. The first-order valence-electron chi connectivity index (χ1n) is 6.56. The van der Waals surface area contributed by atoms with Crippen LogP contribution in [0.4, 0.5) is 5.69 Å². The van der Waals surface area contributed by atoms with Crippen LogP contribution in [0, 0.1) is 10.1 Å². The maximum atomic E-state index is 11.9. The van der Waals surface area contributed by atoms with Crippen molar-refractivity contribution < 1.29 is 14.5 Å². The fourth-order valence-electron chi connectivity index (χ4n) is 2.01. The minimum atomic E-state index is -0.585. The zero-order valence-corrected chi connectivity index (χ0v) is 12.4. The van der Waals surface area contributed by atoms with Gasteiger partial charge in [0.25, 0.3) is 5.69 Å². The molecule has 0 fully saturated rings. The Labute approximate surface area is 135 Å². The molecule has 0 bridgehead atoms. The van der Waals surface area contributed by atoms with Gasteiger partial charge >= 0.3 is 5.97 Å². The Morgan fingerprint density at radius 2 is 1.91 bits per heavy atom. The van der Waals surface area contributed by atoms with Gasteiger partial charge in [0.05, 0.1) is 4.92 Å². The van der Waals surface area contributed by atoms with Gasteiger partial charge in [-0.2, -0.15) is 0 Å². The molecule has 0 saturated heterocycles. The molecule has 0 aliphatic carbocycles. The number of carbonyl (C=O) groups is 1. The Hall–Kier alpha value is -2.99. The van der Waals surface area contributed by atoms with Crippen molar-refractivity contribution in [1.29, 1.82) is 0 Å². The number of non-ortho nitro benzene ring substituents is 1. The lowest BCUT2D eigenvalue weighted by Gasteiger charge is -1.98. The van der Waals surface area contributed by atoms with E-state index >= 15 is 0 Å². The molecule has 6 nitrogen and oxygen atoms in total. The normalized spacial score (nSPS) is 15.4. The number of hydrogen-bond acceptors (Lipinski definition) is 5. The third-order valence-electron chi connectivity index (χ3n) is 3.10. The summed E-state index contributed by atoms with van der Waals surface area (Å²) in [5, 5.41) is 11.2. The molecule has 0 unspecified atom stereocenters. The number of benzene rings is 2. The lowest BCUT2D eigenvalue weighted by Crippen LogP contribution is -2.05. The highest BCUT2D eigenvalue weighted by atomic mass is 35.5. The fourth-order valence-corrected chi connectivity index (χ4v) is 2.21. The molecule has 1 heterocycles. The van der Waals surface area contributed by atoms with Crippen molar-refractivity contribution in [2.75, 3.05) is 0 Å². The average Bonchev–Trinajstić information content (AvgIpc) is 2.88. The van der Waals surface area contributed by atoms with Gasteiger partial charge < -0.3 is 4.74 Å². The maximum absolute atomic E-state index is 11.9. The number of hydrogen-bond donors (Lipinski definition) is 0. The summed E-state index contributed by atoms with van der Waals surface area (Å²) in [7, 11) is 0.